The van der Waals surface area contributed by atoms with E-state index in [2.05, 4.69) is 37.2 Å². The molecule has 0 radical (unpaired) electrons. The van der Waals surface area contributed by atoms with E-state index in [4.69, 9.17) is 63.5 Å². The molecule has 3 fully saturated rings. The summed E-state index contributed by atoms with van der Waals surface area (Å²) in [4.78, 5) is 117. The summed E-state index contributed by atoms with van der Waals surface area (Å²) in [6.07, 6.45) is -18.3. The number of hydrogen-bond donors (Lipinski definition) is 17. The molecule has 8 amide bonds. The number of carbonyl (C=O) groups is 8. The number of hydrogen-bond acceptors (Lipinski definition) is 32. The molecule has 3 aliphatic rings. The molecule has 16 unspecified atom stereocenters. The molecule has 3 heterocycles. The SMILES string of the molecule is CC(=O)NC1C(OCCOCCNC(=O)CN(CCCN(CC(=O)NCCOCCOC2OC(CO)C(O)C(O)C2NC(C)=O)C(=O)CCCC(=O)NC[C@@H](O)COP([O-])(=S)OC(C)(C)C)CC(=O)NCCOCCOC2OC(CO)C(O)C(O)C2NC(C)=O)OC(CO)C(O)C1O. The van der Waals surface area contributed by atoms with Crippen LogP contribution in [0.5, 0.6) is 0 Å². The average Bonchev–Trinajstić information content (AvgIpc) is 0.825. The van der Waals surface area contributed by atoms with Crippen LogP contribution in [-0.4, -0.2) is 357 Å². The first-order valence-corrected chi connectivity index (χ1v) is 34.5. The van der Waals surface area contributed by atoms with Crippen LogP contribution in [0.3, 0.4) is 0 Å². The van der Waals surface area contributed by atoms with Gasteiger partial charge in [-0.15, -0.1) is 0 Å². The summed E-state index contributed by atoms with van der Waals surface area (Å²) in [6, 6.07) is -3.55. The molecule has 3 saturated heterocycles. The van der Waals surface area contributed by atoms with Crippen LogP contribution in [0.2, 0.25) is 0 Å². The van der Waals surface area contributed by atoms with E-state index in [1.165, 1.54) is 30.6 Å². The first-order valence-electron chi connectivity index (χ1n) is 32.0. The second-order valence-corrected chi connectivity index (χ2v) is 26.6. The topological polar surface area (TPSA) is 554 Å². The average molecular weight is 1460 g/mol. The zero-order chi connectivity index (χ0) is 73.1. The van der Waals surface area contributed by atoms with Gasteiger partial charge in [0.05, 0.1) is 117 Å². The Kier molecular flexibility index (Phi) is 41.3. The van der Waals surface area contributed by atoms with Crippen molar-refractivity contribution in [2.75, 3.05) is 145 Å². The fourth-order valence-corrected chi connectivity index (χ4v) is 11.7. The van der Waals surface area contributed by atoms with Gasteiger partial charge in [0, 0.05) is 72.9 Å². The Morgan fingerprint density at radius 1 is 0.520 bits per heavy atom. The summed E-state index contributed by atoms with van der Waals surface area (Å²) in [5.41, 5.74) is -0.898. The van der Waals surface area contributed by atoms with Crippen molar-refractivity contribution < 1.29 is 146 Å². The second kappa shape index (κ2) is 46.2. The van der Waals surface area contributed by atoms with Crippen molar-refractivity contribution in [3.63, 3.8) is 0 Å². The van der Waals surface area contributed by atoms with Crippen molar-refractivity contribution in [3.8, 4) is 0 Å². The fourth-order valence-electron chi connectivity index (χ4n) is 9.82. The van der Waals surface area contributed by atoms with Gasteiger partial charge in [-0.1, -0.05) is 11.8 Å². The lowest BCUT2D eigenvalue weighted by molar-refractivity contribution is -0.272. The largest absolute Gasteiger partial charge is 0.780 e. The highest BCUT2D eigenvalue weighted by molar-refractivity contribution is 8.06. The Morgan fingerprint density at radius 3 is 1.26 bits per heavy atom. The van der Waals surface area contributed by atoms with E-state index in [0.717, 1.165) is 0 Å². The minimum atomic E-state index is -3.96. The predicted octanol–water partition coefficient (Wildman–Crippen LogP) is -10.1. The minimum absolute atomic E-state index is 0.0175. The molecule has 98 heavy (non-hydrogen) atoms. The molecule has 17 N–H and O–H groups in total. The van der Waals surface area contributed by atoms with E-state index in [0.29, 0.717) is 0 Å². The van der Waals surface area contributed by atoms with Crippen LogP contribution in [-0.2, 0) is 102 Å². The Hall–Kier alpha value is -4.51. The van der Waals surface area contributed by atoms with E-state index in [9.17, 15) is 94.3 Å². The third-order valence-electron chi connectivity index (χ3n) is 14.5. The molecule has 0 bridgehead atoms. The molecule has 41 heteroatoms. The van der Waals surface area contributed by atoms with E-state index < -0.39 is 191 Å². The standard InChI is InChI=1S/C57H104N9O30PS/c1-33(70)62-45-51(82)48(79)37(29-67)93-54(45)89-22-19-86-16-11-58-41(75)26-65(27-42(76)59-12-17-87-20-23-90-55-46(63-34(2)71)52(83)49(80)38(30-68)94-55)14-8-15-66(44(78)10-7-9-40(74)61-25-36(73)32-92-97(85,98)96-57(4,5)6)28-43(77)60-13-18-88-21-24-91-56-47(64-35(3)72)53(84)50(81)39(31-69)95-56/h36-39,45-56,67-69,73,79-84H,7-32H2,1-6H3,(H,58,75)(H,59,76)(H,60,77)(H,61,74)(H,62,70)(H,63,71)(H,64,72)(H,85,98)/p-1/t36-,37?,38?,39?,45?,46?,47?,48?,49?,50?,51?,52?,53?,54?,55?,56?,97?/m1/s1. The van der Waals surface area contributed by atoms with Gasteiger partial charge >= 0.3 is 0 Å². The predicted molar refractivity (Wildman–Crippen MR) is 337 cm³/mol. The van der Waals surface area contributed by atoms with Crippen molar-refractivity contribution in [1.29, 1.82) is 0 Å². The maximum Gasteiger partial charge on any atom is 0.239 e. The Bertz CT molecular complexity index is 2390. The Balaban J connectivity index is 1.66. The number of amides is 8. The molecule has 0 spiro atoms. The van der Waals surface area contributed by atoms with Crippen molar-refractivity contribution in [2.24, 2.45) is 0 Å². The monoisotopic (exact) mass is 1460 g/mol. The van der Waals surface area contributed by atoms with E-state index in [1.54, 1.807) is 20.8 Å². The molecule has 3 aliphatic heterocycles. The molecular formula is C57H103N9O30PS-. The number of nitrogens with zero attached hydrogens (tertiary/aromatic N) is 2. The van der Waals surface area contributed by atoms with Crippen LogP contribution in [0.25, 0.3) is 0 Å². The summed E-state index contributed by atoms with van der Waals surface area (Å²) >= 11 is 4.87. The highest BCUT2D eigenvalue weighted by atomic mass is 32.5. The first-order chi connectivity index (χ1) is 46.3. The lowest BCUT2D eigenvalue weighted by Gasteiger charge is -2.42. The fraction of sp³-hybridized carbons (Fsp3) is 0.860. The maximum atomic E-state index is 13.9. The number of nitrogens with one attached hydrogen (secondary N) is 7. The summed E-state index contributed by atoms with van der Waals surface area (Å²) in [5, 5.41) is 119. The van der Waals surface area contributed by atoms with Crippen molar-refractivity contribution in [1.82, 2.24) is 47.0 Å². The molecule has 3 rings (SSSR count). The molecular weight excluding hydrogens is 1350 g/mol. The molecule has 0 saturated carbocycles. The van der Waals surface area contributed by atoms with E-state index in [-0.39, 0.29) is 138 Å². The Morgan fingerprint density at radius 2 is 0.898 bits per heavy atom. The van der Waals surface area contributed by atoms with Gasteiger partial charge in [-0.25, -0.2) is 0 Å². The molecule has 17 atom stereocenters. The molecule has 0 aromatic heterocycles. The first kappa shape index (κ1) is 87.7. The number of aliphatic hydroxyl groups excluding tert-OH is 10. The van der Waals surface area contributed by atoms with Crippen LogP contribution < -0.4 is 42.1 Å². The molecule has 39 nitrogen and oxygen atoms in total. The zero-order valence-corrected chi connectivity index (χ0v) is 57.7. The highest BCUT2D eigenvalue weighted by Gasteiger charge is 2.48. The normalized spacial score (nSPS) is 26.7. The maximum absolute atomic E-state index is 13.9. The van der Waals surface area contributed by atoms with Gasteiger partial charge in [-0.3, -0.25) is 43.3 Å². The van der Waals surface area contributed by atoms with Crippen molar-refractivity contribution >= 4 is 65.8 Å². The summed E-state index contributed by atoms with van der Waals surface area (Å²) in [5.74, 6) is -4.53. The van der Waals surface area contributed by atoms with Gasteiger partial charge in [-0.05, 0) is 33.6 Å². The van der Waals surface area contributed by atoms with Crippen LogP contribution in [0, 0.1) is 0 Å². The van der Waals surface area contributed by atoms with Gasteiger partial charge in [0.15, 0.2) is 18.9 Å². The lowest BCUT2D eigenvalue weighted by Crippen LogP contribution is -2.64. The summed E-state index contributed by atoms with van der Waals surface area (Å²) < 4.78 is 60.6. The highest BCUT2D eigenvalue weighted by Crippen LogP contribution is 2.43. The Labute approximate surface area is 572 Å². The van der Waals surface area contributed by atoms with E-state index >= 15 is 0 Å². The smallest absolute Gasteiger partial charge is 0.239 e. The van der Waals surface area contributed by atoms with Crippen LogP contribution in [0.15, 0.2) is 0 Å². The number of ether oxygens (including phenoxy) is 9. The van der Waals surface area contributed by atoms with E-state index in [1.807, 2.05) is 0 Å². The molecule has 0 aromatic rings. The van der Waals surface area contributed by atoms with Gasteiger partial charge in [0.25, 0.3) is 0 Å². The van der Waals surface area contributed by atoms with Gasteiger partial charge < -0.3 is 150 Å². The third kappa shape index (κ3) is 34.0. The molecule has 568 valence electrons. The van der Waals surface area contributed by atoms with Crippen molar-refractivity contribution in [3.05, 3.63) is 0 Å². The quantitative estimate of drug-likeness (QED) is 0.0199. The van der Waals surface area contributed by atoms with Gasteiger partial charge in [0.2, 0.25) is 47.3 Å². The third-order valence-corrected chi connectivity index (χ3v) is 16.2. The summed E-state index contributed by atoms with van der Waals surface area (Å²) in [7, 11) is 0. The number of aliphatic hydroxyl groups is 10. The molecule has 0 aliphatic carbocycles. The second-order valence-electron chi connectivity index (χ2n) is 23.9. The van der Waals surface area contributed by atoms with Gasteiger partial charge in [0.1, 0.15) is 79.8 Å². The summed E-state index contributed by atoms with van der Waals surface area (Å²) in [6.45, 7) is -0.723. The minimum Gasteiger partial charge on any atom is -0.780 e. The zero-order valence-electron chi connectivity index (χ0n) is 56.0. The number of rotatable bonds is 47. The van der Waals surface area contributed by atoms with Crippen molar-refractivity contribution in [2.45, 2.75) is 171 Å². The van der Waals surface area contributed by atoms with Crippen LogP contribution in [0.1, 0.15) is 67.2 Å². The van der Waals surface area contributed by atoms with Gasteiger partial charge in [-0.2, -0.15) is 0 Å². The number of carbonyl (C=O) groups excluding carboxylic acids is 8. The lowest BCUT2D eigenvalue weighted by atomic mass is 9.97. The van der Waals surface area contributed by atoms with Crippen LogP contribution in [0.4, 0.5) is 0 Å². The van der Waals surface area contributed by atoms with Crippen LogP contribution >= 0.6 is 6.72 Å². The molecule has 0 aromatic carbocycles.